The van der Waals surface area contributed by atoms with Crippen LogP contribution in [0.1, 0.15) is 10.5 Å². The molecule has 1 aromatic rings. The number of carbonyl (C=O) groups is 1. The maximum atomic E-state index is 11.2. The van der Waals surface area contributed by atoms with E-state index in [0.717, 1.165) is 0 Å². The summed E-state index contributed by atoms with van der Waals surface area (Å²) < 4.78 is 6.50. The highest BCUT2D eigenvalue weighted by Gasteiger charge is 2.06. The molecule has 0 bridgehead atoms. The van der Waals surface area contributed by atoms with Crippen molar-refractivity contribution >= 4 is 5.78 Å². The van der Waals surface area contributed by atoms with Crippen LogP contribution < -0.4 is 0 Å². The van der Waals surface area contributed by atoms with E-state index >= 15 is 0 Å². The van der Waals surface area contributed by atoms with Crippen LogP contribution in [0.3, 0.4) is 0 Å². The first-order valence-electron chi connectivity index (χ1n) is 3.39. The van der Waals surface area contributed by atoms with Crippen molar-refractivity contribution in [3.8, 4) is 0 Å². The highest BCUT2D eigenvalue weighted by molar-refractivity contribution is 5.95. The number of rotatable bonds is 3. The maximum Gasteiger partial charge on any atom is 0.204 e. The van der Waals surface area contributed by atoms with Gasteiger partial charge in [0.05, 0.1) is 5.69 Å². The third kappa shape index (κ3) is 1.68. The molecule has 1 heterocycles. The van der Waals surface area contributed by atoms with E-state index in [4.69, 9.17) is 4.74 Å². The molecule has 0 aliphatic carbocycles. The first kappa shape index (κ1) is 8.01. The average molecular weight is 153 g/mol. The third-order valence-electron chi connectivity index (χ3n) is 1.50. The number of ether oxygens (including phenoxy) is 1. The Hall–Kier alpha value is -1.09. The molecule has 0 fully saturated rings. The minimum absolute atomic E-state index is 0.0139. The fourth-order valence-electron chi connectivity index (χ4n) is 0.956. The van der Waals surface area contributed by atoms with Crippen LogP contribution in [0.25, 0.3) is 0 Å². The molecule has 0 saturated heterocycles. The van der Waals surface area contributed by atoms with Crippen molar-refractivity contribution < 1.29 is 9.53 Å². The van der Waals surface area contributed by atoms with Crippen molar-refractivity contribution in [1.29, 1.82) is 0 Å². The molecule has 0 aromatic carbocycles. The molecular weight excluding hydrogens is 142 g/mol. The maximum absolute atomic E-state index is 11.2. The van der Waals surface area contributed by atoms with Gasteiger partial charge in [-0.3, -0.25) is 4.79 Å². The minimum Gasteiger partial charge on any atom is -0.376 e. The number of carbonyl (C=O) groups excluding carboxylic acids is 1. The van der Waals surface area contributed by atoms with Crippen LogP contribution in [-0.2, 0) is 11.8 Å². The molecule has 0 atom stereocenters. The van der Waals surface area contributed by atoms with Gasteiger partial charge in [-0.1, -0.05) is 0 Å². The number of ketones is 1. The highest BCUT2D eigenvalue weighted by Crippen LogP contribution is 2.00. The zero-order valence-corrected chi connectivity index (χ0v) is 6.70. The molecule has 1 rings (SSSR count). The van der Waals surface area contributed by atoms with Gasteiger partial charge in [-0.25, -0.2) is 0 Å². The van der Waals surface area contributed by atoms with Crippen LogP contribution in [0.15, 0.2) is 18.3 Å². The van der Waals surface area contributed by atoms with Gasteiger partial charge in [0.25, 0.3) is 0 Å². The molecule has 0 unspecified atom stereocenters. The lowest BCUT2D eigenvalue weighted by molar-refractivity contribution is 0.0839. The summed E-state index contributed by atoms with van der Waals surface area (Å²) in [6, 6.07) is 3.62. The predicted molar refractivity (Wildman–Crippen MR) is 41.6 cm³/mol. The first-order chi connectivity index (χ1) is 5.25. The molecule has 0 aliphatic heterocycles. The molecule has 0 spiro atoms. The molecule has 0 aliphatic rings. The van der Waals surface area contributed by atoms with Crippen LogP contribution in [0.4, 0.5) is 0 Å². The predicted octanol–water partition coefficient (Wildman–Crippen LogP) is 0.854. The lowest BCUT2D eigenvalue weighted by Gasteiger charge is -1.99. The summed E-state index contributed by atoms with van der Waals surface area (Å²) in [5, 5.41) is 0. The Morgan fingerprint density at radius 2 is 2.45 bits per heavy atom. The summed E-state index contributed by atoms with van der Waals surface area (Å²) >= 11 is 0. The second-order valence-electron chi connectivity index (χ2n) is 2.36. The molecule has 0 N–H and O–H groups in total. The Bertz CT molecular complexity index is 252. The number of methoxy groups -OCH3 is 1. The second-order valence-corrected chi connectivity index (χ2v) is 2.36. The van der Waals surface area contributed by atoms with Crippen molar-refractivity contribution in [2.24, 2.45) is 7.05 Å². The van der Waals surface area contributed by atoms with Crippen LogP contribution in [0, 0.1) is 0 Å². The van der Waals surface area contributed by atoms with Crippen molar-refractivity contribution in [2.45, 2.75) is 0 Å². The van der Waals surface area contributed by atoms with Crippen molar-refractivity contribution in [2.75, 3.05) is 13.7 Å². The van der Waals surface area contributed by atoms with E-state index in [1.54, 1.807) is 10.6 Å². The third-order valence-corrected chi connectivity index (χ3v) is 1.50. The summed E-state index contributed by atoms with van der Waals surface area (Å²) in [7, 11) is 3.35. The zero-order chi connectivity index (χ0) is 8.27. The van der Waals surface area contributed by atoms with Gasteiger partial charge in [-0.05, 0) is 12.1 Å². The van der Waals surface area contributed by atoms with Crippen LogP contribution in [-0.4, -0.2) is 24.1 Å². The molecule has 0 radical (unpaired) electrons. The van der Waals surface area contributed by atoms with E-state index < -0.39 is 0 Å². The summed E-state index contributed by atoms with van der Waals surface area (Å²) in [5.41, 5.74) is 0.687. The normalized spacial score (nSPS) is 10.0. The van der Waals surface area contributed by atoms with E-state index in [2.05, 4.69) is 0 Å². The molecular formula is C8H11NO2. The fourth-order valence-corrected chi connectivity index (χ4v) is 0.956. The Balaban J connectivity index is 2.76. The number of hydrogen-bond donors (Lipinski definition) is 0. The van der Waals surface area contributed by atoms with E-state index in [0.29, 0.717) is 5.69 Å². The molecule has 3 nitrogen and oxygen atoms in total. The Morgan fingerprint density at radius 1 is 1.73 bits per heavy atom. The number of aromatic nitrogens is 1. The van der Waals surface area contributed by atoms with Gasteiger partial charge in [0, 0.05) is 20.4 Å². The topological polar surface area (TPSA) is 31.2 Å². The fraction of sp³-hybridized carbons (Fsp3) is 0.375. The van der Waals surface area contributed by atoms with Gasteiger partial charge < -0.3 is 9.30 Å². The Morgan fingerprint density at radius 3 is 2.91 bits per heavy atom. The lowest BCUT2D eigenvalue weighted by Crippen LogP contribution is -2.10. The number of aryl methyl sites for hydroxylation is 1. The van der Waals surface area contributed by atoms with Crippen LogP contribution in [0.2, 0.25) is 0 Å². The summed E-state index contributed by atoms with van der Waals surface area (Å²) in [6.07, 6.45) is 1.84. The summed E-state index contributed by atoms with van der Waals surface area (Å²) in [4.78, 5) is 11.2. The standard InChI is InChI=1S/C8H11NO2/c1-9-5-3-4-7(9)8(10)6-11-2/h3-5H,6H2,1-2H3. The summed E-state index contributed by atoms with van der Waals surface area (Å²) in [5.74, 6) is 0.0139. The molecule has 0 amide bonds. The van der Waals surface area contributed by atoms with Gasteiger partial charge in [-0.15, -0.1) is 0 Å². The smallest absolute Gasteiger partial charge is 0.204 e. The number of Topliss-reactive ketones (excluding diaryl/α,β-unsaturated/α-hetero) is 1. The Kier molecular flexibility index (Phi) is 2.44. The second kappa shape index (κ2) is 3.34. The van der Waals surface area contributed by atoms with Gasteiger partial charge in [0.15, 0.2) is 0 Å². The molecule has 11 heavy (non-hydrogen) atoms. The monoisotopic (exact) mass is 153 g/mol. The Labute approximate surface area is 65.6 Å². The van der Waals surface area contributed by atoms with E-state index in [1.807, 2.05) is 19.3 Å². The molecule has 60 valence electrons. The van der Waals surface area contributed by atoms with Gasteiger partial charge >= 0.3 is 0 Å². The molecule has 1 aromatic heterocycles. The molecule has 0 saturated carbocycles. The van der Waals surface area contributed by atoms with Crippen molar-refractivity contribution in [3.05, 3.63) is 24.0 Å². The van der Waals surface area contributed by atoms with Crippen LogP contribution >= 0.6 is 0 Å². The quantitative estimate of drug-likeness (QED) is 0.603. The van der Waals surface area contributed by atoms with Crippen LogP contribution in [0.5, 0.6) is 0 Å². The first-order valence-corrected chi connectivity index (χ1v) is 3.39. The largest absolute Gasteiger partial charge is 0.376 e. The minimum atomic E-state index is 0.0139. The molecule has 3 heteroatoms. The van der Waals surface area contributed by atoms with E-state index in [-0.39, 0.29) is 12.4 Å². The van der Waals surface area contributed by atoms with Crippen molar-refractivity contribution in [1.82, 2.24) is 4.57 Å². The van der Waals surface area contributed by atoms with Crippen molar-refractivity contribution in [3.63, 3.8) is 0 Å². The van der Waals surface area contributed by atoms with Gasteiger partial charge in [0.2, 0.25) is 5.78 Å². The van der Waals surface area contributed by atoms with Gasteiger partial charge in [-0.2, -0.15) is 0 Å². The van der Waals surface area contributed by atoms with Gasteiger partial charge in [0.1, 0.15) is 6.61 Å². The SMILES string of the molecule is COCC(=O)c1cccn1C. The number of hydrogen-bond acceptors (Lipinski definition) is 2. The zero-order valence-electron chi connectivity index (χ0n) is 6.70. The summed E-state index contributed by atoms with van der Waals surface area (Å²) in [6.45, 7) is 0.151. The lowest BCUT2D eigenvalue weighted by atomic mass is 10.3. The highest BCUT2D eigenvalue weighted by atomic mass is 16.5. The van der Waals surface area contributed by atoms with E-state index in [1.165, 1.54) is 7.11 Å². The number of nitrogens with zero attached hydrogens (tertiary/aromatic N) is 1. The van der Waals surface area contributed by atoms with E-state index in [9.17, 15) is 4.79 Å². The average Bonchev–Trinajstić information content (AvgIpc) is 2.36.